The Morgan fingerprint density at radius 2 is 1.91 bits per heavy atom. The lowest BCUT2D eigenvalue weighted by molar-refractivity contribution is -0.384. The summed E-state index contributed by atoms with van der Waals surface area (Å²) >= 11 is 0. The summed E-state index contributed by atoms with van der Waals surface area (Å²) in [5.74, 6) is -0.790. The van der Waals surface area contributed by atoms with Crippen LogP contribution in [-0.4, -0.2) is 30.1 Å². The molecule has 10 heteroatoms. The van der Waals surface area contributed by atoms with Crippen molar-refractivity contribution in [3.63, 3.8) is 0 Å². The van der Waals surface area contributed by atoms with Crippen molar-refractivity contribution in [2.75, 3.05) is 28.5 Å². The van der Waals surface area contributed by atoms with Crippen LogP contribution in [0.15, 0.2) is 60.3 Å². The van der Waals surface area contributed by atoms with Crippen LogP contribution in [0.3, 0.4) is 0 Å². The smallest absolute Gasteiger partial charge is 0.269 e. The van der Waals surface area contributed by atoms with Crippen molar-refractivity contribution >= 4 is 28.7 Å². The first kappa shape index (κ1) is 20.9. The second-order valence-corrected chi connectivity index (χ2v) is 8.33. The van der Waals surface area contributed by atoms with Gasteiger partial charge in [0.15, 0.2) is 0 Å². The van der Waals surface area contributed by atoms with E-state index in [1.54, 1.807) is 31.0 Å². The van der Waals surface area contributed by atoms with Gasteiger partial charge in [-0.3, -0.25) is 30.2 Å². The molecule has 2 aliphatic heterocycles. The fraction of sp³-hybridized carbons (Fsp3) is 0.348. The Kier molecular flexibility index (Phi) is 4.80. The summed E-state index contributed by atoms with van der Waals surface area (Å²) in [6.45, 7) is 1.94. The summed E-state index contributed by atoms with van der Waals surface area (Å²) in [6, 6.07) is 13.6. The van der Waals surface area contributed by atoms with Crippen LogP contribution < -0.4 is 25.3 Å². The Hall–Kier alpha value is -3.95. The standard InChI is InChI=1S/C23H25N5O5/c1-3-33-22(30)20-24-27(15-10-12-16(13-11-15)28(31)32)23-14-6-7-17(23)21(29)25(2)18-8-4-5-9-19(18)26(20)23/h4-5,8-13,17,24,30H,3,6-7,14H2,1-2H3/p-1/t17-,23+/m0/s1. The van der Waals surface area contributed by atoms with Gasteiger partial charge >= 0.3 is 0 Å². The van der Waals surface area contributed by atoms with E-state index >= 15 is 0 Å². The Bertz CT molecular complexity index is 1150. The molecule has 1 spiro atoms. The average Bonchev–Trinajstić information content (AvgIpc) is 3.39. The molecule has 172 valence electrons. The minimum Gasteiger partial charge on any atom is -0.611 e. The zero-order valence-corrected chi connectivity index (χ0v) is 18.4. The second-order valence-electron chi connectivity index (χ2n) is 8.33. The second kappa shape index (κ2) is 7.58. The van der Waals surface area contributed by atoms with Crippen molar-refractivity contribution in [1.82, 2.24) is 5.43 Å². The van der Waals surface area contributed by atoms with Crippen molar-refractivity contribution in [3.8, 4) is 0 Å². The van der Waals surface area contributed by atoms with Gasteiger partial charge in [0.1, 0.15) is 11.5 Å². The number of ether oxygens (including phenoxy) is 1. The molecule has 1 amide bonds. The van der Waals surface area contributed by atoms with E-state index in [-0.39, 0.29) is 24.0 Å². The summed E-state index contributed by atoms with van der Waals surface area (Å²) in [5, 5.41) is 26.1. The quantitative estimate of drug-likeness (QED) is 0.429. The predicted molar refractivity (Wildman–Crippen MR) is 120 cm³/mol. The van der Waals surface area contributed by atoms with E-state index < -0.39 is 22.4 Å². The maximum absolute atomic E-state index is 13.7. The normalized spacial score (nSPS) is 25.1. The molecule has 2 aromatic rings. The van der Waals surface area contributed by atoms with Gasteiger partial charge in [-0.1, -0.05) is 19.1 Å². The number of anilines is 3. The Balaban J connectivity index is 1.76. The zero-order valence-electron chi connectivity index (χ0n) is 18.4. The number of hydrogen-bond acceptors (Lipinski definition) is 8. The highest BCUT2D eigenvalue weighted by Crippen LogP contribution is 2.55. The van der Waals surface area contributed by atoms with Crippen molar-refractivity contribution in [2.24, 2.45) is 5.92 Å². The first-order valence-corrected chi connectivity index (χ1v) is 10.9. The number of nitrogens with zero attached hydrogens (tertiary/aromatic N) is 4. The highest BCUT2D eigenvalue weighted by molar-refractivity contribution is 6.02. The van der Waals surface area contributed by atoms with Gasteiger partial charge in [0.2, 0.25) is 5.91 Å². The molecule has 10 nitrogen and oxygen atoms in total. The summed E-state index contributed by atoms with van der Waals surface area (Å²) in [4.78, 5) is 28.0. The first-order valence-electron chi connectivity index (χ1n) is 10.9. The van der Waals surface area contributed by atoms with E-state index in [4.69, 9.17) is 4.74 Å². The third-order valence-electron chi connectivity index (χ3n) is 6.71. The van der Waals surface area contributed by atoms with Crippen LogP contribution in [0.5, 0.6) is 0 Å². The number of rotatable bonds is 4. The molecule has 2 heterocycles. The number of hydrogen-bond donors (Lipinski definition) is 1. The van der Waals surface area contributed by atoms with Gasteiger partial charge in [-0.05, 0) is 50.1 Å². The minimum atomic E-state index is -0.907. The summed E-state index contributed by atoms with van der Waals surface area (Å²) in [5.41, 5.74) is 4.30. The zero-order chi connectivity index (χ0) is 23.3. The lowest BCUT2D eigenvalue weighted by Crippen LogP contribution is -2.60. The SMILES string of the molecule is CCOC([O-])=C1NN(c2ccc([N+](=O)[O-])cc2)[C@]23CCC[C@H]2C(=O)N(C)c2ccccc2N13. The Morgan fingerprint density at radius 1 is 1.21 bits per heavy atom. The fourth-order valence-electron chi connectivity index (χ4n) is 5.34. The molecule has 0 aromatic heterocycles. The van der Waals surface area contributed by atoms with Gasteiger partial charge in [-0.2, -0.15) is 0 Å². The van der Waals surface area contributed by atoms with Crippen LogP contribution in [-0.2, 0) is 9.53 Å². The van der Waals surface area contributed by atoms with Gasteiger partial charge in [0, 0.05) is 19.2 Å². The predicted octanol–water partition coefficient (Wildman–Crippen LogP) is 2.42. The van der Waals surface area contributed by atoms with E-state index in [0.717, 1.165) is 12.1 Å². The number of para-hydroxylation sites is 2. The van der Waals surface area contributed by atoms with E-state index in [2.05, 4.69) is 5.43 Å². The Morgan fingerprint density at radius 3 is 2.58 bits per heavy atom. The number of carbonyl (C=O) groups is 1. The molecule has 1 N–H and O–H groups in total. The summed E-state index contributed by atoms with van der Waals surface area (Å²) < 4.78 is 5.37. The minimum absolute atomic E-state index is 0.0353. The van der Waals surface area contributed by atoms with Crippen LogP contribution in [0, 0.1) is 16.0 Å². The number of benzene rings is 2. The van der Waals surface area contributed by atoms with Gasteiger partial charge < -0.3 is 14.7 Å². The van der Waals surface area contributed by atoms with Crippen LogP contribution >= 0.6 is 0 Å². The maximum Gasteiger partial charge on any atom is 0.269 e. The molecule has 0 unspecified atom stereocenters. The molecule has 1 saturated carbocycles. The van der Waals surface area contributed by atoms with Crippen LogP contribution in [0.1, 0.15) is 26.2 Å². The van der Waals surface area contributed by atoms with Crippen LogP contribution in [0.4, 0.5) is 22.7 Å². The molecule has 33 heavy (non-hydrogen) atoms. The molecule has 0 radical (unpaired) electrons. The number of hydrazine groups is 1. The number of nitro benzene ring substituents is 1. The molecule has 1 saturated heterocycles. The van der Waals surface area contributed by atoms with Crippen molar-refractivity contribution in [1.29, 1.82) is 0 Å². The molecule has 2 atom stereocenters. The van der Waals surface area contributed by atoms with E-state index in [1.807, 2.05) is 34.2 Å². The van der Waals surface area contributed by atoms with Gasteiger partial charge in [0.25, 0.3) is 5.69 Å². The summed E-state index contributed by atoms with van der Waals surface area (Å²) in [6.07, 6.45) is 2.04. The molecule has 5 rings (SSSR count). The number of carbonyl (C=O) groups excluding carboxylic acids is 1. The molecular formula is C23H24N5O5-. The van der Waals surface area contributed by atoms with Crippen LogP contribution in [0.2, 0.25) is 0 Å². The highest BCUT2D eigenvalue weighted by atomic mass is 16.6. The van der Waals surface area contributed by atoms with Gasteiger partial charge in [-0.15, -0.1) is 0 Å². The molecular weight excluding hydrogens is 426 g/mol. The molecule has 3 aliphatic rings. The molecule has 2 fully saturated rings. The number of fused-ring (bicyclic) bond motifs is 2. The van der Waals surface area contributed by atoms with Crippen molar-refractivity contribution in [2.45, 2.75) is 31.8 Å². The average molecular weight is 450 g/mol. The van der Waals surface area contributed by atoms with Crippen molar-refractivity contribution < 1.29 is 19.6 Å². The van der Waals surface area contributed by atoms with E-state index in [9.17, 15) is 20.0 Å². The van der Waals surface area contributed by atoms with E-state index in [1.165, 1.54) is 12.1 Å². The van der Waals surface area contributed by atoms with Gasteiger partial charge in [-0.25, -0.2) is 0 Å². The lowest BCUT2D eigenvalue weighted by Gasteiger charge is -2.43. The molecule has 0 bridgehead atoms. The monoisotopic (exact) mass is 450 g/mol. The maximum atomic E-state index is 13.7. The number of nitro groups is 1. The molecule has 2 aromatic carbocycles. The summed E-state index contributed by atoms with van der Waals surface area (Å²) in [7, 11) is 1.75. The number of non-ortho nitro benzene ring substituents is 1. The van der Waals surface area contributed by atoms with Crippen LogP contribution in [0.25, 0.3) is 0 Å². The Labute approximate surface area is 190 Å². The third kappa shape index (κ3) is 2.90. The van der Waals surface area contributed by atoms with Gasteiger partial charge in [0.05, 0.1) is 33.8 Å². The largest absolute Gasteiger partial charge is 0.611 e. The topological polar surface area (TPSA) is 114 Å². The van der Waals surface area contributed by atoms with E-state index in [0.29, 0.717) is 24.2 Å². The van der Waals surface area contributed by atoms with Crippen molar-refractivity contribution in [3.05, 3.63) is 70.4 Å². The molecule has 1 aliphatic carbocycles. The lowest BCUT2D eigenvalue weighted by atomic mass is 9.92. The number of amides is 1. The first-order chi connectivity index (χ1) is 15.9. The fourth-order valence-corrected chi connectivity index (χ4v) is 5.34. The number of nitrogens with one attached hydrogen (secondary N) is 1. The highest BCUT2D eigenvalue weighted by Gasteiger charge is 2.62. The third-order valence-corrected chi connectivity index (χ3v) is 6.71.